The summed E-state index contributed by atoms with van der Waals surface area (Å²) in [6, 6.07) is 0. The van der Waals surface area contributed by atoms with Gasteiger partial charge in [-0.15, -0.1) is 10.5 Å². The predicted molar refractivity (Wildman–Crippen MR) is 44.9 cm³/mol. The van der Waals surface area contributed by atoms with Gasteiger partial charge in [-0.3, -0.25) is 0 Å². The van der Waals surface area contributed by atoms with E-state index in [-0.39, 0.29) is 6.10 Å². The summed E-state index contributed by atoms with van der Waals surface area (Å²) in [7, 11) is -4.57. The Kier molecular flexibility index (Phi) is 4.41. The van der Waals surface area contributed by atoms with Crippen LogP contribution in [0.3, 0.4) is 0 Å². The van der Waals surface area contributed by atoms with Gasteiger partial charge in [0.2, 0.25) is 0 Å². The van der Waals surface area contributed by atoms with Crippen molar-refractivity contribution in [3.05, 3.63) is 12.7 Å². The first-order valence-electron chi connectivity index (χ1n) is 3.57. The summed E-state index contributed by atoms with van der Waals surface area (Å²) in [5.74, 6) is 0. The first-order valence-corrected chi connectivity index (χ1v) is 5.02. The molecular weight excluding hydrogens is 183 g/mol. The molecule has 0 saturated carbocycles. The van der Waals surface area contributed by atoms with Crippen molar-refractivity contribution in [2.24, 2.45) is 0 Å². The van der Waals surface area contributed by atoms with Gasteiger partial charge in [0.15, 0.2) is 5.44 Å². The lowest BCUT2D eigenvalue weighted by atomic mass is 10.3. The van der Waals surface area contributed by atoms with Crippen molar-refractivity contribution in [2.75, 3.05) is 0 Å². The lowest BCUT2D eigenvalue weighted by Crippen LogP contribution is -2.22. The van der Waals surface area contributed by atoms with E-state index in [2.05, 4.69) is 6.58 Å². The molecule has 0 fully saturated rings. The molecule has 12 heavy (non-hydrogen) atoms. The van der Waals surface area contributed by atoms with Crippen LogP contribution in [0.4, 0.5) is 3.89 Å². The molecule has 0 heterocycles. The molecule has 0 radical (unpaired) electrons. The van der Waals surface area contributed by atoms with E-state index in [0.29, 0.717) is 6.42 Å². The summed E-state index contributed by atoms with van der Waals surface area (Å²) < 4.78 is 37.5. The Hall–Kier alpha value is -0.420. The summed E-state index contributed by atoms with van der Waals surface area (Å²) in [6.45, 7) is 6.26. The molecule has 0 spiro atoms. The van der Waals surface area contributed by atoms with Crippen molar-refractivity contribution >= 4 is 10.2 Å². The van der Waals surface area contributed by atoms with Crippen molar-refractivity contribution in [2.45, 2.75) is 31.8 Å². The minimum absolute atomic E-state index is 0.331. The monoisotopic (exact) mass is 196 g/mol. The Morgan fingerprint density at radius 2 is 2.08 bits per heavy atom. The Morgan fingerprint density at radius 3 is 2.42 bits per heavy atom. The van der Waals surface area contributed by atoms with Crippen LogP contribution < -0.4 is 0 Å². The molecule has 0 N–H and O–H groups in total. The Balaban J connectivity index is 4.01. The van der Waals surface area contributed by atoms with Gasteiger partial charge in [0, 0.05) is 0 Å². The van der Waals surface area contributed by atoms with Crippen LogP contribution in [0.1, 0.15) is 20.3 Å². The van der Waals surface area contributed by atoms with Gasteiger partial charge >= 0.3 is 10.2 Å². The lowest BCUT2D eigenvalue weighted by Gasteiger charge is -2.14. The van der Waals surface area contributed by atoms with Gasteiger partial charge in [0.1, 0.15) is 0 Å². The smallest absolute Gasteiger partial charge is 0.329 e. The van der Waals surface area contributed by atoms with Crippen LogP contribution in [0.25, 0.3) is 0 Å². The van der Waals surface area contributed by atoms with E-state index in [9.17, 15) is 12.3 Å². The third-order valence-corrected chi connectivity index (χ3v) is 2.22. The van der Waals surface area contributed by atoms with Crippen molar-refractivity contribution in [1.82, 2.24) is 0 Å². The highest BCUT2D eigenvalue weighted by molar-refractivity contribution is 7.86. The molecule has 0 aliphatic rings. The normalized spacial score (nSPS) is 16.9. The second kappa shape index (κ2) is 4.57. The Labute approximate surface area is 72.4 Å². The zero-order chi connectivity index (χ0) is 9.78. The predicted octanol–water partition coefficient (Wildman–Crippen LogP) is 1.61. The number of ether oxygens (including phenoxy) is 1. The average molecular weight is 196 g/mol. The molecule has 0 aliphatic heterocycles. The standard InChI is InChI=1S/C7H13FO3S/c1-4-5-6(2)11-7(3)12(8,9)10/h4,6-7H,1,5H2,2-3H3. The second-order valence-electron chi connectivity index (χ2n) is 2.51. The number of hydrogen-bond donors (Lipinski definition) is 0. The maximum absolute atomic E-state index is 12.2. The van der Waals surface area contributed by atoms with Gasteiger partial charge in [-0.25, -0.2) is 0 Å². The first-order chi connectivity index (χ1) is 5.38. The van der Waals surface area contributed by atoms with Crippen molar-refractivity contribution in [3.63, 3.8) is 0 Å². The molecule has 3 nitrogen and oxygen atoms in total. The highest BCUT2D eigenvalue weighted by Crippen LogP contribution is 2.09. The molecule has 0 rings (SSSR count). The summed E-state index contributed by atoms with van der Waals surface area (Å²) in [4.78, 5) is 0. The molecule has 2 atom stereocenters. The molecule has 72 valence electrons. The first kappa shape index (κ1) is 11.6. The Bertz CT molecular complexity index is 235. The molecular formula is C7H13FO3S. The molecule has 0 aliphatic carbocycles. The van der Waals surface area contributed by atoms with Crippen LogP contribution in [-0.4, -0.2) is 20.0 Å². The maximum Gasteiger partial charge on any atom is 0.329 e. The van der Waals surface area contributed by atoms with Crippen LogP contribution in [0.2, 0.25) is 0 Å². The Morgan fingerprint density at radius 1 is 1.58 bits per heavy atom. The van der Waals surface area contributed by atoms with E-state index in [1.165, 1.54) is 0 Å². The fourth-order valence-electron chi connectivity index (χ4n) is 0.684. The van der Waals surface area contributed by atoms with Crippen molar-refractivity contribution in [1.29, 1.82) is 0 Å². The fourth-order valence-corrected chi connectivity index (χ4v) is 1.01. The highest BCUT2D eigenvalue weighted by atomic mass is 32.3. The summed E-state index contributed by atoms with van der Waals surface area (Å²) in [5.41, 5.74) is -1.40. The van der Waals surface area contributed by atoms with E-state index in [1.54, 1.807) is 13.0 Å². The van der Waals surface area contributed by atoms with Gasteiger partial charge in [0.05, 0.1) is 6.10 Å². The van der Waals surface area contributed by atoms with Gasteiger partial charge in [0.25, 0.3) is 0 Å². The molecule has 0 aromatic heterocycles. The molecule has 0 bridgehead atoms. The molecule has 2 unspecified atom stereocenters. The number of hydrogen-bond acceptors (Lipinski definition) is 3. The quantitative estimate of drug-likeness (QED) is 0.495. The summed E-state index contributed by atoms with van der Waals surface area (Å²) >= 11 is 0. The molecule has 0 aromatic rings. The highest BCUT2D eigenvalue weighted by Gasteiger charge is 2.21. The van der Waals surface area contributed by atoms with Crippen LogP contribution in [0.15, 0.2) is 12.7 Å². The summed E-state index contributed by atoms with van der Waals surface area (Å²) in [5, 5.41) is 0. The summed E-state index contributed by atoms with van der Waals surface area (Å²) in [6.07, 6.45) is 1.75. The molecule has 0 amide bonds. The largest absolute Gasteiger partial charge is 0.356 e. The number of halogens is 1. The zero-order valence-electron chi connectivity index (χ0n) is 7.16. The average Bonchev–Trinajstić information content (AvgIpc) is 1.85. The van der Waals surface area contributed by atoms with Crippen LogP contribution in [0.5, 0.6) is 0 Å². The lowest BCUT2D eigenvalue weighted by molar-refractivity contribution is 0.0506. The maximum atomic E-state index is 12.2. The second-order valence-corrected chi connectivity index (χ2v) is 4.13. The van der Waals surface area contributed by atoms with E-state index >= 15 is 0 Å². The molecule has 0 aromatic carbocycles. The minimum atomic E-state index is -4.57. The molecule has 5 heteroatoms. The van der Waals surface area contributed by atoms with Gasteiger partial charge in [-0.1, -0.05) is 6.08 Å². The van der Waals surface area contributed by atoms with E-state index in [1.807, 2.05) is 0 Å². The van der Waals surface area contributed by atoms with Crippen molar-refractivity contribution in [3.8, 4) is 0 Å². The fraction of sp³-hybridized carbons (Fsp3) is 0.714. The minimum Gasteiger partial charge on any atom is -0.356 e. The third kappa shape index (κ3) is 4.46. The van der Waals surface area contributed by atoms with Crippen LogP contribution in [-0.2, 0) is 15.0 Å². The van der Waals surface area contributed by atoms with Gasteiger partial charge in [-0.05, 0) is 20.3 Å². The zero-order valence-corrected chi connectivity index (χ0v) is 7.97. The van der Waals surface area contributed by atoms with Gasteiger partial charge < -0.3 is 4.74 Å². The van der Waals surface area contributed by atoms with Crippen LogP contribution >= 0.6 is 0 Å². The topological polar surface area (TPSA) is 43.4 Å². The van der Waals surface area contributed by atoms with E-state index < -0.39 is 15.7 Å². The number of rotatable bonds is 5. The molecule has 0 saturated heterocycles. The van der Waals surface area contributed by atoms with Gasteiger partial charge in [-0.2, -0.15) is 8.42 Å². The van der Waals surface area contributed by atoms with E-state index in [0.717, 1.165) is 6.92 Å². The SMILES string of the molecule is C=CCC(C)OC(C)S(=O)(=O)F. The van der Waals surface area contributed by atoms with E-state index in [4.69, 9.17) is 4.74 Å². The van der Waals surface area contributed by atoms with Crippen LogP contribution in [0, 0.1) is 0 Å². The third-order valence-electron chi connectivity index (χ3n) is 1.32. The van der Waals surface area contributed by atoms with Crippen molar-refractivity contribution < 1.29 is 17.0 Å².